The second kappa shape index (κ2) is 7.49. The first-order chi connectivity index (χ1) is 11.6. The summed E-state index contributed by atoms with van der Waals surface area (Å²) >= 11 is 0. The lowest BCUT2D eigenvalue weighted by Gasteiger charge is -2.28. The minimum Gasteiger partial charge on any atom is -0.319 e. The molecule has 1 saturated carbocycles. The molecule has 1 fully saturated rings. The largest absolute Gasteiger partial charge is 0.319 e. The van der Waals surface area contributed by atoms with Crippen molar-refractivity contribution in [3.63, 3.8) is 0 Å². The summed E-state index contributed by atoms with van der Waals surface area (Å²) < 4.78 is 23.7. The van der Waals surface area contributed by atoms with E-state index < -0.39 is 25.9 Å². The number of carbonyl (C=O) groups excluding carboxylic acids is 1. The van der Waals surface area contributed by atoms with Crippen molar-refractivity contribution in [3.05, 3.63) is 33.9 Å². The number of likely N-dealkylation sites (N-methyl/N-ethyl adjacent to an activating group) is 1. The number of nitro benzene ring substituents is 1. The van der Waals surface area contributed by atoms with E-state index in [0.717, 1.165) is 12.0 Å². The Morgan fingerprint density at radius 3 is 2.68 bits per heavy atom. The summed E-state index contributed by atoms with van der Waals surface area (Å²) in [7, 11) is -1.47. The number of carbonyl (C=O) groups is 1. The van der Waals surface area contributed by atoms with Gasteiger partial charge in [0.05, 0.1) is 16.7 Å². The van der Waals surface area contributed by atoms with E-state index in [1.807, 2.05) is 0 Å². The fourth-order valence-electron chi connectivity index (χ4n) is 3.34. The van der Waals surface area contributed by atoms with Gasteiger partial charge in [-0.1, -0.05) is 12.5 Å². The van der Waals surface area contributed by atoms with Crippen LogP contribution in [0.5, 0.6) is 0 Å². The Kier molecular flexibility index (Phi) is 5.79. The van der Waals surface area contributed by atoms with Crippen LogP contribution >= 0.6 is 0 Å². The molecule has 138 valence electrons. The average molecular weight is 369 g/mol. The van der Waals surface area contributed by atoms with E-state index >= 15 is 0 Å². The topological polar surface area (TPSA) is 110 Å². The minimum absolute atomic E-state index is 0.0261. The van der Waals surface area contributed by atoms with Crippen molar-refractivity contribution in [2.75, 3.05) is 25.2 Å². The molecule has 2 atom stereocenters. The molecule has 1 aliphatic rings. The molecule has 8 nitrogen and oxygen atoms in total. The normalized spacial score (nSPS) is 20.6. The van der Waals surface area contributed by atoms with E-state index in [2.05, 4.69) is 5.32 Å². The van der Waals surface area contributed by atoms with Gasteiger partial charge in [0.1, 0.15) is 5.69 Å². The number of anilines is 1. The predicted molar refractivity (Wildman–Crippen MR) is 95.4 cm³/mol. The molecular weight excluding hydrogens is 346 g/mol. The lowest BCUT2D eigenvalue weighted by atomic mass is 10.2. The summed E-state index contributed by atoms with van der Waals surface area (Å²) in [5.41, 5.74) is 0.703. The van der Waals surface area contributed by atoms with E-state index in [1.54, 1.807) is 24.9 Å². The molecule has 0 aliphatic heterocycles. The summed E-state index contributed by atoms with van der Waals surface area (Å²) in [5.74, 6) is -0.409. The lowest BCUT2D eigenvalue weighted by molar-refractivity contribution is -0.384. The Bertz CT molecular complexity index is 778. The number of nitro groups is 1. The Morgan fingerprint density at radius 1 is 1.40 bits per heavy atom. The zero-order chi connectivity index (χ0) is 18.8. The third-order valence-corrected chi connectivity index (χ3v) is 6.20. The number of nitrogens with one attached hydrogen (secondary N) is 1. The molecule has 0 saturated heterocycles. The maximum atomic E-state index is 12.3. The summed E-state index contributed by atoms with van der Waals surface area (Å²) in [6, 6.07) is 4.37. The molecule has 0 unspecified atom stereocenters. The van der Waals surface area contributed by atoms with Crippen LogP contribution in [0.4, 0.5) is 11.4 Å². The Balaban J connectivity index is 2.07. The van der Waals surface area contributed by atoms with Crippen molar-refractivity contribution in [2.24, 2.45) is 0 Å². The van der Waals surface area contributed by atoms with Crippen LogP contribution in [0.3, 0.4) is 0 Å². The molecule has 1 aromatic rings. The molecule has 0 radical (unpaired) electrons. The average Bonchev–Trinajstić information content (AvgIpc) is 2.98. The van der Waals surface area contributed by atoms with Gasteiger partial charge in [-0.25, -0.2) is 8.42 Å². The molecule has 25 heavy (non-hydrogen) atoms. The van der Waals surface area contributed by atoms with Gasteiger partial charge in [0.2, 0.25) is 5.91 Å². The second-order valence-electron chi connectivity index (χ2n) is 6.61. The summed E-state index contributed by atoms with van der Waals surface area (Å²) in [6.45, 7) is 1.71. The van der Waals surface area contributed by atoms with Crippen molar-refractivity contribution in [1.82, 2.24) is 4.90 Å². The maximum absolute atomic E-state index is 12.3. The predicted octanol–water partition coefficient (Wildman–Crippen LogP) is 1.74. The zero-order valence-corrected chi connectivity index (χ0v) is 15.4. The van der Waals surface area contributed by atoms with Crippen LogP contribution in [0.25, 0.3) is 0 Å². The molecule has 0 bridgehead atoms. The van der Waals surface area contributed by atoms with Crippen molar-refractivity contribution in [3.8, 4) is 0 Å². The molecule has 0 aromatic heterocycles. The molecule has 9 heteroatoms. The van der Waals surface area contributed by atoms with Gasteiger partial charge in [0.15, 0.2) is 9.84 Å². The summed E-state index contributed by atoms with van der Waals surface area (Å²) in [5, 5.41) is 13.2. The number of benzene rings is 1. The van der Waals surface area contributed by atoms with Crippen molar-refractivity contribution >= 4 is 27.1 Å². The molecule has 2 rings (SSSR count). The van der Waals surface area contributed by atoms with E-state index in [-0.39, 0.29) is 24.0 Å². The second-order valence-corrected chi connectivity index (χ2v) is 8.87. The van der Waals surface area contributed by atoms with Crippen LogP contribution in [-0.4, -0.2) is 55.3 Å². The Hall–Kier alpha value is -2.00. The molecule has 0 heterocycles. The first-order valence-corrected chi connectivity index (χ1v) is 9.99. The van der Waals surface area contributed by atoms with Gasteiger partial charge >= 0.3 is 0 Å². The highest BCUT2D eigenvalue weighted by Gasteiger charge is 2.37. The van der Waals surface area contributed by atoms with Crippen molar-refractivity contribution in [1.29, 1.82) is 0 Å². The number of aryl methyl sites for hydroxylation is 1. The number of hydrogen-bond donors (Lipinski definition) is 1. The molecular formula is C16H23N3O5S. The quantitative estimate of drug-likeness (QED) is 0.604. The smallest absolute Gasteiger partial charge is 0.293 e. The van der Waals surface area contributed by atoms with E-state index in [9.17, 15) is 23.3 Å². The highest BCUT2D eigenvalue weighted by Crippen LogP contribution is 2.29. The fraction of sp³-hybridized carbons (Fsp3) is 0.562. The SMILES string of the molecule is Cc1ccc(NC(=O)CN(C)[C@@H]2CCC[C@H]2S(C)(=O)=O)c([N+](=O)[O-])c1. The number of hydrogen-bond acceptors (Lipinski definition) is 6. The zero-order valence-electron chi connectivity index (χ0n) is 14.6. The molecule has 1 N–H and O–H groups in total. The van der Waals surface area contributed by atoms with Gasteiger partial charge in [-0.05, 0) is 38.4 Å². The third-order valence-electron chi connectivity index (χ3n) is 4.55. The fourth-order valence-corrected chi connectivity index (χ4v) is 4.85. The maximum Gasteiger partial charge on any atom is 0.293 e. The van der Waals surface area contributed by atoms with Gasteiger partial charge < -0.3 is 5.32 Å². The van der Waals surface area contributed by atoms with Crippen LogP contribution in [-0.2, 0) is 14.6 Å². The monoisotopic (exact) mass is 369 g/mol. The van der Waals surface area contributed by atoms with Gasteiger partial charge in [-0.15, -0.1) is 0 Å². The number of nitrogens with zero attached hydrogens (tertiary/aromatic N) is 2. The lowest BCUT2D eigenvalue weighted by Crippen LogP contribution is -2.44. The van der Waals surface area contributed by atoms with Gasteiger partial charge in [-0.3, -0.25) is 19.8 Å². The summed E-state index contributed by atoms with van der Waals surface area (Å²) in [6.07, 6.45) is 3.34. The van der Waals surface area contributed by atoms with Crippen LogP contribution in [0.1, 0.15) is 24.8 Å². The van der Waals surface area contributed by atoms with Crippen molar-refractivity contribution in [2.45, 2.75) is 37.5 Å². The Labute approximate surface area is 147 Å². The standard InChI is InChI=1S/C16H23N3O5S/c1-11-7-8-12(14(9-11)19(21)22)17-16(20)10-18(2)13-5-4-6-15(13)25(3,23)24/h7-9,13,15H,4-6,10H2,1-3H3,(H,17,20)/t13-,15-/m1/s1. The van der Waals surface area contributed by atoms with Crippen LogP contribution < -0.4 is 5.32 Å². The molecule has 1 amide bonds. The number of sulfone groups is 1. The number of amides is 1. The van der Waals surface area contributed by atoms with Crippen LogP contribution in [0.15, 0.2) is 18.2 Å². The first-order valence-electron chi connectivity index (χ1n) is 8.03. The Morgan fingerprint density at radius 2 is 2.08 bits per heavy atom. The number of rotatable bonds is 6. The van der Waals surface area contributed by atoms with Crippen LogP contribution in [0.2, 0.25) is 0 Å². The van der Waals surface area contributed by atoms with Crippen molar-refractivity contribution < 1.29 is 18.1 Å². The van der Waals surface area contributed by atoms with Gasteiger partial charge in [0, 0.05) is 18.4 Å². The van der Waals surface area contributed by atoms with Crippen LogP contribution in [0, 0.1) is 17.0 Å². The molecule has 1 aliphatic carbocycles. The minimum atomic E-state index is -3.18. The van der Waals surface area contributed by atoms with Gasteiger partial charge in [-0.2, -0.15) is 0 Å². The third kappa shape index (κ3) is 4.76. The first kappa shape index (κ1) is 19.3. The van der Waals surface area contributed by atoms with E-state index in [4.69, 9.17) is 0 Å². The van der Waals surface area contributed by atoms with Gasteiger partial charge in [0.25, 0.3) is 5.69 Å². The highest BCUT2D eigenvalue weighted by molar-refractivity contribution is 7.91. The molecule has 0 spiro atoms. The summed E-state index contributed by atoms with van der Waals surface area (Å²) in [4.78, 5) is 24.6. The van der Waals surface area contributed by atoms with E-state index in [0.29, 0.717) is 12.8 Å². The van der Waals surface area contributed by atoms with E-state index in [1.165, 1.54) is 18.4 Å². The highest BCUT2D eigenvalue weighted by atomic mass is 32.2. The molecule has 1 aromatic carbocycles.